The van der Waals surface area contributed by atoms with Crippen molar-refractivity contribution < 1.29 is 18.8 Å². The lowest BCUT2D eigenvalue weighted by atomic mass is 10.1. The first kappa shape index (κ1) is 11.5. The van der Waals surface area contributed by atoms with Crippen LogP contribution in [0.25, 0.3) is 0 Å². The predicted molar refractivity (Wildman–Crippen MR) is 56.0 cm³/mol. The van der Waals surface area contributed by atoms with Crippen LogP contribution in [0.5, 0.6) is 0 Å². The molecule has 4 heteroatoms. The summed E-state index contributed by atoms with van der Waals surface area (Å²) in [6, 6.07) is 3.52. The largest absolute Gasteiger partial charge is 0.387 e. The molecule has 16 heavy (non-hydrogen) atoms. The average molecular weight is 228 g/mol. The molecule has 0 amide bonds. The SMILES string of the molecule is O[C@H]1CCC[NH+](Cc2cc(F)ccc2F)C1. The van der Waals surface area contributed by atoms with E-state index in [1.54, 1.807) is 0 Å². The van der Waals surface area contributed by atoms with Gasteiger partial charge in [0.15, 0.2) is 0 Å². The summed E-state index contributed by atoms with van der Waals surface area (Å²) in [6.07, 6.45) is 1.45. The molecule has 0 aliphatic carbocycles. The molecule has 1 unspecified atom stereocenters. The average Bonchev–Trinajstić information content (AvgIpc) is 2.24. The van der Waals surface area contributed by atoms with E-state index in [9.17, 15) is 13.9 Å². The van der Waals surface area contributed by atoms with Crippen molar-refractivity contribution in [2.24, 2.45) is 0 Å². The Hall–Kier alpha value is -1.00. The van der Waals surface area contributed by atoms with Crippen LogP contribution in [0.3, 0.4) is 0 Å². The van der Waals surface area contributed by atoms with Gasteiger partial charge < -0.3 is 10.0 Å². The zero-order valence-corrected chi connectivity index (χ0v) is 9.05. The second kappa shape index (κ2) is 4.89. The van der Waals surface area contributed by atoms with E-state index >= 15 is 0 Å². The number of aliphatic hydroxyl groups is 1. The highest BCUT2D eigenvalue weighted by atomic mass is 19.1. The molecule has 1 heterocycles. The minimum absolute atomic E-state index is 0.305. The number of hydrogen-bond acceptors (Lipinski definition) is 1. The normalized spacial score (nSPS) is 25.7. The quantitative estimate of drug-likeness (QED) is 0.757. The Balaban J connectivity index is 2.05. The Morgan fingerprint density at radius 3 is 2.94 bits per heavy atom. The van der Waals surface area contributed by atoms with Gasteiger partial charge in [-0.15, -0.1) is 0 Å². The third kappa shape index (κ3) is 2.77. The van der Waals surface area contributed by atoms with E-state index < -0.39 is 5.82 Å². The lowest BCUT2D eigenvalue weighted by molar-refractivity contribution is -0.922. The van der Waals surface area contributed by atoms with Crippen molar-refractivity contribution in [3.63, 3.8) is 0 Å². The summed E-state index contributed by atoms with van der Waals surface area (Å²) in [4.78, 5) is 1.11. The molecular formula is C12H16F2NO+. The van der Waals surface area contributed by atoms with Gasteiger partial charge in [0.05, 0.1) is 6.54 Å². The molecule has 2 nitrogen and oxygen atoms in total. The topological polar surface area (TPSA) is 24.7 Å². The molecule has 88 valence electrons. The summed E-state index contributed by atoms with van der Waals surface area (Å²) in [5, 5.41) is 9.49. The van der Waals surface area contributed by atoms with Crippen molar-refractivity contribution in [2.45, 2.75) is 25.5 Å². The van der Waals surface area contributed by atoms with E-state index in [1.165, 1.54) is 6.07 Å². The van der Waals surface area contributed by atoms with Gasteiger partial charge in [0.2, 0.25) is 0 Å². The van der Waals surface area contributed by atoms with E-state index in [4.69, 9.17) is 0 Å². The van der Waals surface area contributed by atoms with Gasteiger partial charge in [-0.2, -0.15) is 0 Å². The van der Waals surface area contributed by atoms with Crippen LogP contribution >= 0.6 is 0 Å². The molecule has 0 spiro atoms. The van der Waals surface area contributed by atoms with Crippen LogP contribution in [0, 0.1) is 11.6 Å². The predicted octanol–water partition coefficient (Wildman–Crippen LogP) is 0.504. The first-order valence-corrected chi connectivity index (χ1v) is 5.60. The molecule has 2 rings (SSSR count). The van der Waals surface area contributed by atoms with Crippen LogP contribution in [0.4, 0.5) is 8.78 Å². The zero-order chi connectivity index (χ0) is 11.5. The minimum atomic E-state index is -0.409. The Kier molecular flexibility index (Phi) is 3.51. The standard InChI is InChI=1S/C12H15F2NO/c13-10-3-4-12(14)9(6-10)7-15-5-1-2-11(16)8-15/h3-4,6,11,16H,1-2,5,7-8H2/p+1/t11-/m0/s1. The highest BCUT2D eigenvalue weighted by molar-refractivity contribution is 5.17. The molecule has 2 N–H and O–H groups in total. The van der Waals surface area contributed by atoms with Gasteiger partial charge in [0.1, 0.15) is 30.8 Å². The third-order valence-electron chi connectivity index (χ3n) is 3.04. The van der Waals surface area contributed by atoms with Crippen LogP contribution in [-0.2, 0) is 6.54 Å². The molecule has 0 radical (unpaired) electrons. The summed E-state index contributed by atoms with van der Waals surface area (Å²) in [6.45, 7) is 1.98. The Morgan fingerprint density at radius 1 is 1.38 bits per heavy atom. The molecule has 1 aromatic carbocycles. The lowest BCUT2D eigenvalue weighted by Gasteiger charge is -2.27. The third-order valence-corrected chi connectivity index (χ3v) is 3.04. The molecule has 2 atom stereocenters. The molecular weight excluding hydrogens is 212 g/mol. The Morgan fingerprint density at radius 2 is 2.19 bits per heavy atom. The number of likely N-dealkylation sites (tertiary alicyclic amines) is 1. The van der Waals surface area contributed by atoms with Crippen molar-refractivity contribution in [1.29, 1.82) is 0 Å². The van der Waals surface area contributed by atoms with Crippen LogP contribution in [0.15, 0.2) is 18.2 Å². The number of quaternary nitrogens is 1. The van der Waals surface area contributed by atoms with E-state index in [1.807, 2.05) is 0 Å². The lowest BCUT2D eigenvalue weighted by Crippen LogP contribution is -3.12. The fourth-order valence-corrected chi connectivity index (χ4v) is 2.23. The minimum Gasteiger partial charge on any atom is -0.387 e. The summed E-state index contributed by atoms with van der Waals surface area (Å²) >= 11 is 0. The van der Waals surface area contributed by atoms with Crippen molar-refractivity contribution in [3.8, 4) is 0 Å². The summed E-state index contributed by atoms with van der Waals surface area (Å²) in [5.74, 6) is -0.776. The maximum absolute atomic E-state index is 13.4. The van der Waals surface area contributed by atoms with E-state index in [0.717, 1.165) is 36.4 Å². The maximum atomic E-state index is 13.4. The van der Waals surface area contributed by atoms with Crippen LogP contribution in [-0.4, -0.2) is 24.3 Å². The molecule has 1 fully saturated rings. The number of halogens is 2. The Bertz CT molecular complexity index is 370. The molecule has 1 aliphatic rings. The first-order chi connectivity index (χ1) is 7.65. The van der Waals surface area contributed by atoms with Crippen molar-refractivity contribution in [3.05, 3.63) is 35.4 Å². The summed E-state index contributed by atoms with van der Waals surface area (Å²) in [7, 11) is 0. The highest BCUT2D eigenvalue weighted by Crippen LogP contribution is 2.08. The molecule has 1 aromatic rings. The fraction of sp³-hybridized carbons (Fsp3) is 0.500. The van der Waals surface area contributed by atoms with Crippen molar-refractivity contribution >= 4 is 0 Å². The second-order valence-electron chi connectivity index (χ2n) is 4.41. The van der Waals surface area contributed by atoms with Crippen molar-refractivity contribution in [1.82, 2.24) is 0 Å². The zero-order valence-electron chi connectivity index (χ0n) is 9.05. The van der Waals surface area contributed by atoms with E-state index in [-0.39, 0.29) is 11.9 Å². The summed E-state index contributed by atoms with van der Waals surface area (Å²) < 4.78 is 26.3. The van der Waals surface area contributed by atoms with Gasteiger partial charge in [-0.3, -0.25) is 0 Å². The highest BCUT2D eigenvalue weighted by Gasteiger charge is 2.22. The number of rotatable bonds is 2. The van der Waals surface area contributed by atoms with E-state index in [0.29, 0.717) is 18.7 Å². The summed E-state index contributed by atoms with van der Waals surface area (Å²) in [5.41, 5.74) is 0.393. The molecule has 0 saturated carbocycles. The Labute approximate surface area is 93.5 Å². The van der Waals surface area contributed by atoms with Crippen LogP contribution in [0.1, 0.15) is 18.4 Å². The number of nitrogens with one attached hydrogen (secondary N) is 1. The number of piperidine rings is 1. The number of hydrogen-bond donors (Lipinski definition) is 2. The smallest absolute Gasteiger partial charge is 0.132 e. The molecule has 0 bridgehead atoms. The maximum Gasteiger partial charge on any atom is 0.132 e. The van der Waals surface area contributed by atoms with Gasteiger partial charge in [0.25, 0.3) is 0 Å². The molecule has 1 aliphatic heterocycles. The van der Waals surface area contributed by atoms with Gasteiger partial charge >= 0.3 is 0 Å². The van der Waals surface area contributed by atoms with Crippen LogP contribution in [0.2, 0.25) is 0 Å². The van der Waals surface area contributed by atoms with Gasteiger partial charge in [-0.05, 0) is 31.0 Å². The van der Waals surface area contributed by atoms with Gasteiger partial charge in [0, 0.05) is 5.56 Å². The molecule has 1 saturated heterocycles. The monoisotopic (exact) mass is 228 g/mol. The molecule has 0 aromatic heterocycles. The van der Waals surface area contributed by atoms with E-state index in [2.05, 4.69) is 0 Å². The first-order valence-electron chi connectivity index (χ1n) is 5.60. The van der Waals surface area contributed by atoms with Crippen LogP contribution < -0.4 is 4.90 Å². The number of benzene rings is 1. The second-order valence-corrected chi connectivity index (χ2v) is 4.41. The fourth-order valence-electron chi connectivity index (χ4n) is 2.23. The number of aliphatic hydroxyl groups excluding tert-OH is 1. The van der Waals surface area contributed by atoms with Gasteiger partial charge in [-0.25, -0.2) is 8.78 Å². The van der Waals surface area contributed by atoms with Gasteiger partial charge in [-0.1, -0.05) is 0 Å². The van der Waals surface area contributed by atoms with Crippen molar-refractivity contribution in [2.75, 3.05) is 13.1 Å².